The SMILES string of the molecule is CC/C=C\C/C=C\C/C=C\C/C=C\C/C=C\CCCCCC(=O)OC(COC(=O)CCCC)COP(=O)([O-])OCC[N+](C)(C)C. The highest BCUT2D eigenvalue weighted by Crippen LogP contribution is 2.38. The lowest BCUT2D eigenvalue weighted by molar-refractivity contribution is -0.870. The van der Waals surface area contributed by atoms with E-state index in [-0.39, 0.29) is 26.1 Å². The van der Waals surface area contributed by atoms with Crippen molar-refractivity contribution >= 4 is 19.8 Å². The zero-order valence-electron chi connectivity index (χ0n) is 28.5. The molecule has 0 aliphatic rings. The van der Waals surface area contributed by atoms with Crippen LogP contribution in [-0.2, 0) is 32.7 Å². The predicted octanol–water partition coefficient (Wildman–Crippen LogP) is 7.54. The molecule has 0 aromatic carbocycles. The van der Waals surface area contributed by atoms with Gasteiger partial charge in [-0.05, 0) is 57.8 Å². The predicted molar refractivity (Wildman–Crippen MR) is 180 cm³/mol. The molecule has 0 rings (SSSR count). The second kappa shape index (κ2) is 28.0. The first kappa shape index (κ1) is 42.7. The molecule has 258 valence electrons. The molecule has 2 atom stereocenters. The van der Waals surface area contributed by atoms with Crippen molar-refractivity contribution in [3.8, 4) is 0 Å². The van der Waals surface area contributed by atoms with Gasteiger partial charge < -0.3 is 27.9 Å². The van der Waals surface area contributed by atoms with E-state index in [1.165, 1.54) is 0 Å². The van der Waals surface area contributed by atoms with E-state index in [2.05, 4.69) is 67.7 Å². The summed E-state index contributed by atoms with van der Waals surface area (Å²) in [7, 11) is 1.12. The Balaban J connectivity index is 4.31. The molecule has 0 radical (unpaired) electrons. The number of unbranched alkanes of at least 4 members (excludes halogenated alkanes) is 4. The second-order valence-corrected chi connectivity index (χ2v) is 13.2. The van der Waals surface area contributed by atoms with Gasteiger partial charge in [0, 0.05) is 12.8 Å². The number of likely N-dealkylation sites (N-methyl/N-ethyl adjacent to an activating group) is 1. The maximum absolute atomic E-state index is 12.4. The Morgan fingerprint density at radius 2 is 1.27 bits per heavy atom. The minimum atomic E-state index is -4.61. The van der Waals surface area contributed by atoms with Crippen LogP contribution in [0.15, 0.2) is 60.8 Å². The van der Waals surface area contributed by atoms with Gasteiger partial charge in [0.15, 0.2) is 6.10 Å². The summed E-state index contributed by atoms with van der Waals surface area (Å²) in [5.41, 5.74) is 0. The number of carbonyl (C=O) groups is 2. The fraction of sp³-hybridized carbons (Fsp3) is 0.657. The highest BCUT2D eigenvalue weighted by molar-refractivity contribution is 7.45. The first-order chi connectivity index (χ1) is 21.5. The van der Waals surface area contributed by atoms with Crippen molar-refractivity contribution in [3.63, 3.8) is 0 Å². The van der Waals surface area contributed by atoms with E-state index in [9.17, 15) is 19.0 Å². The lowest BCUT2D eigenvalue weighted by atomic mass is 10.1. The Labute approximate surface area is 273 Å². The van der Waals surface area contributed by atoms with Crippen molar-refractivity contribution in [3.05, 3.63) is 60.8 Å². The smallest absolute Gasteiger partial charge is 0.306 e. The monoisotopic (exact) mass is 653 g/mol. The fourth-order valence-electron chi connectivity index (χ4n) is 3.66. The zero-order valence-corrected chi connectivity index (χ0v) is 29.4. The van der Waals surface area contributed by atoms with E-state index in [0.29, 0.717) is 23.9 Å². The molecular formula is C35H60NO8P. The Hall–Kier alpha value is -2.29. The first-order valence-electron chi connectivity index (χ1n) is 16.5. The highest BCUT2D eigenvalue weighted by Gasteiger charge is 2.21. The van der Waals surface area contributed by atoms with Gasteiger partial charge in [0.25, 0.3) is 7.82 Å². The normalized spacial score (nSPS) is 14.7. The van der Waals surface area contributed by atoms with Gasteiger partial charge >= 0.3 is 11.9 Å². The van der Waals surface area contributed by atoms with Crippen LogP contribution in [0, 0.1) is 0 Å². The number of phosphoric ester groups is 1. The number of carbonyl (C=O) groups excluding carboxylic acids is 2. The average Bonchev–Trinajstić information content (AvgIpc) is 2.97. The molecule has 10 heteroatoms. The van der Waals surface area contributed by atoms with Gasteiger partial charge in [-0.25, -0.2) is 0 Å². The minimum Gasteiger partial charge on any atom is -0.756 e. The summed E-state index contributed by atoms with van der Waals surface area (Å²) in [5, 5.41) is 0. The maximum Gasteiger partial charge on any atom is 0.306 e. The van der Waals surface area contributed by atoms with Crippen LogP contribution in [0.1, 0.15) is 97.3 Å². The summed E-state index contributed by atoms with van der Waals surface area (Å²) < 4.78 is 33.1. The summed E-state index contributed by atoms with van der Waals surface area (Å²) in [6, 6.07) is 0. The van der Waals surface area contributed by atoms with Gasteiger partial charge in [0.1, 0.15) is 19.8 Å². The second-order valence-electron chi connectivity index (χ2n) is 11.8. The average molecular weight is 654 g/mol. The van der Waals surface area contributed by atoms with Crippen molar-refractivity contribution in [1.29, 1.82) is 0 Å². The molecule has 45 heavy (non-hydrogen) atoms. The molecular weight excluding hydrogens is 593 g/mol. The minimum absolute atomic E-state index is 0.0413. The van der Waals surface area contributed by atoms with Crippen LogP contribution in [0.4, 0.5) is 0 Å². The Kier molecular flexibility index (Phi) is 26.6. The van der Waals surface area contributed by atoms with E-state index < -0.39 is 32.5 Å². The molecule has 0 aromatic rings. The van der Waals surface area contributed by atoms with Crippen LogP contribution in [0.2, 0.25) is 0 Å². The lowest BCUT2D eigenvalue weighted by Crippen LogP contribution is -2.37. The molecule has 0 fully saturated rings. The van der Waals surface area contributed by atoms with E-state index in [4.69, 9.17) is 18.5 Å². The van der Waals surface area contributed by atoms with Crippen molar-refractivity contribution in [2.45, 2.75) is 103 Å². The summed E-state index contributed by atoms with van der Waals surface area (Å²) in [6.45, 7) is 3.75. The van der Waals surface area contributed by atoms with Crippen molar-refractivity contribution < 1.29 is 42.1 Å². The standard InChI is InChI=1S/C35H60NO8P/c1-6-8-10-11-12-13-14-15-16-17-18-19-20-21-22-23-24-25-26-28-35(38)44-33(31-41-34(37)27-9-7-2)32-43-45(39,40)42-30-29-36(3,4)5/h8,10,12-13,15-16,18-19,21-22,33H,6-7,9,11,14,17,20,23-32H2,1-5H3/b10-8-,13-12-,16-15-,19-18-,22-21-. The van der Waals surface area contributed by atoms with Crippen molar-refractivity contribution in [2.24, 2.45) is 0 Å². The molecule has 2 unspecified atom stereocenters. The summed E-state index contributed by atoms with van der Waals surface area (Å²) >= 11 is 0. The molecule has 0 aliphatic carbocycles. The third-order valence-corrected chi connectivity index (χ3v) is 7.27. The van der Waals surface area contributed by atoms with Gasteiger partial charge in [-0.1, -0.05) is 87.4 Å². The number of rotatable bonds is 28. The molecule has 0 spiro atoms. The van der Waals surface area contributed by atoms with E-state index in [1.54, 1.807) is 0 Å². The number of nitrogens with zero attached hydrogens (tertiary/aromatic N) is 1. The number of ether oxygens (including phenoxy) is 2. The van der Waals surface area contributed by atoms with E-state index >= 15 is 0 Å². The number of esters is 2. The summed E-state index contributed by atoms with van der Waals surface area (Å²) in [6.07, 6.45) is 30.9. The molecule has 0 saturated heterocycles. The largest absolute Gasteiger partial charge is 0.756 e. The van der Waals surface area contributed by atoms with Gasteiger partial charge in [-0.2, -0.15) is 0 Å². The molecule has 0 aliphatic heterocycles. The number of quaternary nitrogens is 1. The molecule has 0 aromatic heterocycles. The Morgan fingerprint density at radius 3 is 1.82 bits per heavy atom. The number of hydrogen-bond acceptors (Lipinski definition) is 8. The third kappa shape index (κ3) is 31.5. The zero-order chi connectivity index (χ0) is 33.7. The molecule has 0 amide bonds. The van der Waals surface area contributed by atoms with Gasteiger partial charge in [0.2, 0.25) is 0 Å². The third-order valence-electron chi connectivity index (χ3n) is 6.30. The van der Waals surface area contributed by atoms with Gasteiger partial charge in [0.05, 0.1) is 27.7 Å². The van der Waals surface area contributed by atoms with Crippen LogP contribution in [0.25, 0.3) is 0 Å². The number of phosphoric acid groups is 1. The Bertz CT molecular complexity index is 965. The van der Waals surface area contributed by atoms with Gasteiger partial charge in [-0.15, -0.1) is 0 Å². The Morgan fingerprint density at radius 1 is 0.711 bits per heavy atom. The molecule has 0 N–H and O–H groups in total. The van der Waals surface area contributed by atoms with Crippen LogP contribution < -0.4 is 4.89 Å². The van der Waals surface area contributed by atoms with Crippen LogP contribution in [-0.4, -0.2) is 70.0 Å². The molecule has 9 nitrogen and oxygen atoms in total. The van der Waals surface area contributed by atoms with Crippen molar-refractivity contribution in [2.75, 3.05) is 47.5 Å². The molecule has 0 saturated carbocycles. The van der Waals surface area contributed by atoms with Crippen LogP contribution in [0.3, 0.4) is 0 Å². The first-order valence-corrected chi connectivity index (χ1v) is 18.0. The van der Waals surface area contributed by atoms with E-state index in [1.807, 2.05) is 28.1 Å². The molecule has 0 heterocycles. The summed E-state index contributed by atoms with van der Waals surface area (Å²) in [4.78, 5) is 36.5. The maximum atomic E-state index is 12.4. The van der Waals surface area contributed by atoms with Gasteiger partial charge in [-0.3, -0.25) is 14.2 Å². The molecule has 0 bridgehead atoms. The quantitative estimate of drug-likeness (QED) is 0.0280. The van der Waals surface area contributed by atoms with Crippen LogP contribution in [0.5, 0.6) is 0 Å². The number of allylic oxidation sites excluding steroid dienone is 10. The number of hydrogen-bond donors (Lipinski definition) is 0. The van der Waals surface area contributed by atoms with E-state index in [0.717, 1.165) is 57.8 Å². The van der Waals surface area contributed by atoms with Crippen LogP contribution >= 0.6 is 7.82 Å². The summed E-state index contributed by atoms with van der Waals surface area (Å²) in [5.74, 6) is -0.924. The lowest BCUT2D eigenvalue weighted by Gasteiger charge is -2.28. The fourth-order valence-corrected chi connectivity index (χ4v) is 4.38. The van der Waals surface area contributed by atoms with Crippen molar-refractivity contribution in [1.82, 2.24) is 0 Å². The topological polar surface area (TPSA) is 111 Å². The highest BCUT2D eigenvalue weighted by atomic mass is 31.2.